The minimum atomic E-state index is -3.49. The van der Waals surface area contributed by atoms with Gasteiger partial charge in [-0.05, 0) is 43.2 Å². The highest BCUT2D eigenvalue weighted by Gasteiger charge is 2.27. The van der Waals surface area contributed by atoms with Gasteiger partial charge in [-0.1, -0.05) is 23.8 Å². The summed E-state index contributed by atoms with van der Waals surface area (Å²) in [6.07, 6.45) is 3.28. The largest absolute Gasteiger partial charge is 0.379 e. The highest BCUT2D eigenvalue weighted by atomic mass is 32.2. The van der Waals surface area contributed by atoms with E-state index in [9.17, 15) is 13.2 Å². The molecule has 2 aromatic rings. The first-order valence-corrected chi connectivity index (χ1v) is 11.3. The molecule has 6 nitrogen and oxygen atoms in total. The van der Waals surface area contributed by atoms with E-state index in [4.69, 9.17) is 4.74 Å². The normalized spacial score (nSPS) is 15.8. The van der Waals surface area contributed by atoms with E-state index >= 15 is 0 Å². The van der Waals surface area contributed by atoms with E-state index < -0.39 is 10.0 Å². The van der Waals surface area contributed by atoms with Crippen molar-refractivity contribution in [1.82, 2.24) is 9.62 Å². The minimum absolute atomic E-state index is 0.217. The standard InChI is InChI=1S/C20H24N2O4S2/c1-15-3-4-17(16(2)13-15)5-7-19(23)21-14-18-6-8-20(27-18)28(24,25)22-9-11-26-12-10-22/h3-8,13H,9-12,14H2,1-2H3,(H,21,23)/b7-5+. The molecule has 150 valence electrons. The topological polar surface area (TPSA) is 75.7 Å². The van der Waals surface area contributed by atoms with Crippen molar-refractivity contribution in [2.75, 3.05) is 26.3 Å². The van der Waals surface area contributed by atoms with Crippen molar-refractivity contribution >= 4 is 33.3 Å². The van der Waals surface area contributed by atoms with Gasteiger partial charge in [0.25, 0.3) is 10.0 Å². The number of aryl methyl sites for hydroxylation is 2. The van der Waals surface area contributed by atoms with Crippen LogP contribution in [0.4, 0.5) is 0 Å². The summed E-state index contributed by atoms with van der Waals surface area (Å²) in [5.41, 5.74) is 3.29. The van der Waals surface area contributed by atoms with Crippen LogP contribution in [0, 0.1) is 13.8 Å². The molecule has 0 spiro atoms. The Morgan fingerprint density at radius 3 is 2.68 bits per heavy atom. The monoisotopic (exact) mass is 420 g/mol. The first-order chi connectivity index (χ1) is 13.4. The molecule has 1 amide bonds. The molecule has 2 heterocycles. The smallest absolute Gasteiger partial charge is 0.252 e. The first kappa shape index (κ1) is 20.7. The summed E-state index contributed by atoms with van der Waals surface area (Å²) in [4.78, 5) is 12.9. The molecule has 1 fully saturated rings. The van der Waals surface area contributed by atoms with Crippen molar-refractivity contribution in [2.24, 2.45) is 0 Å². The number of nitrogens with one attached hydrogen (secondary N) is 1. The fourth-order valence-corrected chi connectivity index (χ4v) is 5.78. The van der Waals surface area contributed by atoms with Crippen LogP contribution >= 0.6 is 11.3 Å². The molecule has 1 aromatic carbocycles. The van der Waals surface area contributed by atoms with Crippen LogP contribution in [-0.4, -0.2) is 44.9 Å². The molecule has 0 aliphatic carbocycles. The molecule has 0 bridgehead atoms. The van der Waals surface area contributed by atoms with Crippen molar-refractivity contribution in [1.29, 1.82) is 0 Å². The van der Waals surface area contributed by atoms with Crippen LogP contribution in [0.2, 0.25) is 0 Å². The number of ether oxygens (including phenoxy) is 1. The van der Waals surface area contributed by atoms with Gasteiger partial charge in [0.05, 0.1) is 19.8 Å². The number of carbonyl (C=O) groups is 1. The van der Waals surface area contributed by atoms with Gasteiger partial charge in [0.15, 0.2) is 0 Å². The van der Waals surface area contributed by atoms with Gasteiger partial charge in [-0.2, -0.15) is 4.31 Å². The van der Waals surface area contributed by atoms with E-state index in [1.54, 1.807) is 18.2 Å². The lowest BCUT2D eigenvalue weighted by Crippen LogP contribution is -2.40. The molecular weight excluding hydrogens is 396 g/mol. The molecule has 1 N–H and O–H groups in total. The number of morpholine rings is 1. The molecule has 0 radical (unpaired) electrons. The zero-order valence-electron chi connectivity index (χ0n) is 16.0. The average Bonchev–Trinajstić information content (AvgIpc) is 3.16. The molecule has 1 saturated heterocycles. The second kappa shape index (κ2) is 9.00. The summed E-state index contributed by atoms with van der Waals surface area (Å²) >= 11 is 1.18. The van der Waals surface area contributed by atoms with Gasteiger partial charge < -0.3 is 10.1 Å². The number of thiophene rings is 1. The van der Waals surface area contributed by atoms with Gasteiger partial charge in [0.2, 0.25) is 5.91 Å². The zero-order chi connectivity index (χ0) is 20.1. The van der Waals surface area contributed by atoms with Crippen LogP contribution in [0.3, 0.4) is 0 Å². The van der Waals surface area contributed by atoms with E-state index in [0.29, 0.717) is 37.1 Å². The Morgan fingerprint density at radius 1 is 1.21 bits per heavy atom. The van der Waals surface area contributed by atoms with Crippen molar-refractivity contribution in [2.45, 2.75) is 24.6 Å². The molecule has 1 aliphatic heterocycles. The van der Waals surface area contributed by atoms with E-state index in [1.165, 1.54) is 27.3 Å². The van der Waals surface area contributed by atoms with E-state index in [-0.39, 0.29) is 5.91 Å². The average molecular weight is 421 g/mol. The summed E-state index contributed by atoms with van der Waals surface area (Å²) in [6, 6.07) is 9.40. The van der Waals surface area contributed by atoms with Crippen LogP contribution in [0.25, 0.3) is 6.08 Å². The second-order valence-electron chi connectivity index (χ2n) is 6.65. The third-order valence-electron chi connectivity index (χ3n) is 4.48. The fourth-order valence-electron chi connectivity index (χ4n) is 2.92. The Kier molecular flexibility index (Phi) is 6.66. The maximum atomic E-state index is 12.6. The molecule has 3 rings (SSSR count). The van der Waals surface area contributed by atoms with E-state index in [1.807, 2.05) is 26.0 Å². The number of amides is 1. The number of nitrogens with zero attached hydrogens (tertiary/aromatic N) is 1. The maximum Gasteiger partial charge on any atom is 0.252 e. The maximum absolute atomic E-state index is 12.6. The third-order valence-corrected chi connectivity index (χ3v) is 7.93. The lowest BCUT2D eigenvalue weighted by molar-refractivity contribution is -0.116. The Bertz CT molecular complexity index is 974. The number of sulfonamides is 1. The highest BCUT2D eigenvalue weighted by Crippen LogP contribution is 2.25. The van der Waals surface area contributed by atoms with E-state index in [2.05, 4.69) is 11.4 Å². The number of hydrogen-bond acceptors (Lipinski definition) is 5. The first-order valence-electron chi connectivity index (χ1n) is 9.06. The fraction of sp³-hybridized carbons (Fsp3) is 0.350. The Balaban J connectivity index is 1.58. The Hall–Kier alpha value is -2.00. The van der Waals surface area contributed by atoms with Gasteiger partial charge >= 0.3 is 0 Å². The predicted octanol–water partition coefficient (Wildman–Crippen LogP) is 2.72. The van der Waals surface area contributed by atoms with E-state index in [0.717, 1.165) is 16.0 Å². The molecule has 8 heteroatoms. The lowest BCUT2D eigenvalue weighted by atomic mass is 10.1. The Morgan fingerprint density at radius 2 is 1.96 bits per heavy atom. The molecule has 28 heavy (non-hydrogen) atoms. The van der Waals surface area contributed by atoms with Crippen molar-refractivity contribution in [3.63, 3.8) is 0 Å². The Labute approximate surface area is 169 Å². The summed E-state index contributed by atoms with van der Waals surface area (Å²) in [5.74, 6) is -0.217. The molecule has 0 unspecified atom stereocenters. The second-order valence-corrected chi connectivity index (χ2v) is 9.98. The SMILES string of the molecule is Cc1ccc(/C=C/C(=O)NCc2ccc(S(=O)(=O)N3CCOCC3)s2)c(C)c1. The molecule has 0 saturated carbocycles. The summed E-state index contributed by atoms with van der Waals surface area (Å²) < 4.78 is 32.2. The van der Waals surface area contributed by atoms with Crippen LogP contribution in [-0.2, 0) is 26.1 Å². The molecule has 1 aromatic heterocycles. The van der Waals surface area contributed by atoms with Gasteiger partial charge in [0.1, 0.15) is 4.21 Å². The third kappa shape index (κ3) is 5.08. The van der Waals surface area contributed by atoms with Crippen LogP contribution in [0.15, 0.2) is 40.6 Å². The zero-order valence-corrected chi connectivity index (χ0v) is 17.6. The highest BCUT2D eigenvalue weighted by molar-refractivity contribution is 7.91. The predicted molar refractivity (Wildman–Crippen MR) is 111 cm³/mol. The van der Waals surface area contributed by atoms with Crippen LogP contribution in [0.5, 0.6) is 0 Å². The van der Waals surface area contributed by atoms with Gasteiger partial charge in [-0.3, -0.25) is 4.79 Å². The number of benzene rings is 1. The number of hydrogen-bond donors (Lipinski definition) is 1. The number of rotatable bonds is 6. The summed E-state index contributed by atoms with van der Waals surface area (Å²) in [5, 5.41) is 2.80. The van der Waals surface area contributed by atoms with Crippen molar-refractivity contribution < 1.29 is 17.9 Å². The molecule has 0 atom stereocenters. The summed E-state index contributed by atoms with van der Waals surface area (Å²) in [7, 11) is -3.49. The minimum Gasteiger partial charge on any atom is -0.379 e. The number of carbonyl (C=O) groups excluding carboxylic acids is 1. The van der Waals surface area contributed by atoms with Crippen LogP contribution in [0.1, 0.15) is 21.6 Å². The molecule has 1 aliphatic rings. The van der Waals surface area contributed by atoms with Crippen LogP contribution < -0.4 is 5.32 Å². The van der Waals surface area contributed by atoms with Gasteiger partial charge in [0, 0.05) is 24.0 Å². The van der Waals surface area contributed by atoms with Gasteiger partial charge in [-0.25, -0.2) is 8.42 Å². The van der Waals surface area contributed by atoms with Crippen molar-refractivity contribution in [3.8, 4) is 0 Å². The molecular formula is C20H24N2O4S2. The summed E-state index contributed by atoms with van der Waals surface area (Å²) in [6.45, 7) is 5.90. The van der Waals surface area contributed by atoms with Gasteiger partial charge in [-0.15, -0.1) is 11.3 Å². The lowest BCUT2D eigenvalue weighted by Gasteiger charge is -2.25. The quantitative estimate of drug-likeness (QED) is 0.729. The van der Waals surface area contributed by atoms with Crippen molar-refractivity contribution in [3.05, 3.63) is 58.0 Å².